The lowest BCUT2D eigenvalue weighted by molar-refractivity contribution is -0.132. The highest BCUT2D eigenvalue weighted by Gasteiger charge is 2.02. The van der Waals surface area contributed by atoms with Crippen molar-refractivity contribution in [2.75, 3.05) is 6.26 Å². The summed E-state index contributed by atoms with van der Waals surface area (Å²) in [5.74, 6) is -0.848. The second kappa shape index (κ2) is 9.47. The molecule has 0 atom stereocenters. The minimum atomic E-state index is -0.848. The SMILES string of the molecule is C=C(C(=O)S)c1ccccc1.CS/C=C(\C)C(=O)O. The van der Waals surface area contributed by atoms with Crippen molar-refractivity contribution in [3.05, 3.63) is 53.5 Å². The lowest BCUT2D eigenvalue weighted by Crippen LogP contribution is -1.94. The Morgan fingerprint density at radius 3 is 2.16 bits per heavy atom. The highest BCUT2D eigenvalue weighted by Crippen LogP contribution is 2.13. The lowest BCUT2D eigenvalue weighted by Gasteiger charge is -1.98. The van der Waals surface area contributed by atoms with Gasteiger partial charge in [-0.15, -0.1) is 24.4 Å². The molecule has 102 valence electrons. The number of aliphatic carboxylic acids is 1. The fourth-order valence-electron chi connectivity index (χ4n) is 0.990. The molecular formula is C14H16O3S2. The molecule has 19 heavy (non-hydrogen) atoms. The number of carboxylic acids is 1. The molecule has 5 heteroatoms. The molecule has 0 aliphatic heterocycles. The molecule has 1 aromatic carbocycles. The van der Waals surface area contributed by atoms with Crippen LogP contribution in [0.4, 0.5) is 0 Å². The van der Waals surface area contributed by atoms with E-state index in [1.54, 1.807) is 12.3 Å². The van der Waals surface area contributed by atoms with Crippen LogP contribution in [0.3, 0.4) is 0 Å². The molecule has 0 saturated carbocycles. The Balaban J connectivity index is 0.000000362. The van der Waals surface area contributed by atoms with Crippen molar-refractivity contribution in [3.63, 3.8) is 0 Å². The van der Waals surface area contributed by atoms with Gasteiger partial charge in [0.25, 0.3) is 0 Å². The molecule has 0 radical (unpaired) electrons. The van der Waals surface area contributed by atoms with Crippen LogP contribution in [-0.4, -0.2) is 22.4 Å². The van der Waals surface area contributed by atoms with E-state index >= 15 is 0 Å². The van der Waals surface area contributed by atoms with E-state index in [-0.39, 0.29) is 5.12 Å². The fraction of sp³-hybridized carbons (Fsp3) is 0.143. The zero-order valence-corrected chi connectivity index (χ0v) is 12.5. The van der Waals surface area contributed by atoms with Crippen LogP contribution in [0.5, 0.6) is 0 Å². The first-order valence-corrected chi connectivity index (χ1v) is 7.04. The second-order valence-corrected chi connectivity index (χ2v) is 4.60. The molecule has 0 heterocycles. The third-order valence-electron chi connectivity index (χ3n) is 2.01. The zero-order valence-electron chi connectivity index (χ0n) is 10.8. The quantitative estimate of drug-likeness (QED) is 0.659. The predicted octanol–water partition coefficient (Wildman–Crippen LogP) is 3.49. The first-order valence-electron chi connectivity index (χ1n) is 5.30. The van der Waals surface area contributed by atoms with Crippen LogP contribution in [0.25, 0.3) is 5.57 Å². The average Bonchev–Trinajstić information content (AvgIpc) is 2.39. The monoisotopic (exact) mass is 296 g/mol. The van der Waals surface area contributed by atoms with Crippen LogP contribution in [-0.2, 0) is 9.59 Å². The molecule has 0 aliphatic carbocycles. The maximum absolute atomic E-state index is 10.7. The average molecular weight is 296 g/mol. The molecule has 1 N–H and O–H groups in total. The number of carboxylic acid groups (broad SMARTS) is 1. The fourth-order valence-corrected chi connectivity index (χ4v) is 1.57. The van der Waals surface area contributed by atoms with Crippen LogP contribution < -0.4 is 0 Å². The van der Waals surface area contributed by atoms with E-state index in [0.29, 0.717) is 11.1 Å². The molecule has 0 saturated heterocycles. The summed E-state index contributed by atoms with van der Waals surface area (Å²) in [7, 11) is 0. The van der Waals surface area contributed by atoms with Gasteiger partial charge < -0.3 is 5.11 Å². The van der Waals surface area contributed by atoms with Gasteiger partial charge in [-0.3, -0.25) is 4.79 Å². The summed E-state index contributed by atoms with van der Waals surface area (Å²) in [6.07, 6.45) is 1.83. The minimum Gasteiger partial charge on any atom is -0.478 e. The van der Waals surface area contributed by atoms with Crippen molar-refractivity contribution >= 4 is 41.0 Å². The van der Waals surface area contributed by atoms with Crippen molar-refractivity contribution in [3.8, 4) is 0 Å². The first-order chi connectivity index (χ1) is 8.90. The number of hydrogen-bond acceptors (Lipinski definition) is 3. The molecule has 0 aliphatic rings. The van der Waals surface area contributed by atoms with E-state index in [1.807, 2.05) is 36.6 Å². The van der Waals surface area contributed by atoms with Crippen LogP contribution in [0.1, 0.15) is 12.5 Å². The Morgan fingerprint density at radius 2 is 1.84 bits per heavy atom. The summed E-state index contributed by atoms with van der Waals surface area (Å²) in [5.41, 5.74) is 1.65. The van der Waals surface area contributed by atoms with Crippen molar-refractivity contribution < 1.29 is 14.7 Å². The highest BCUT2D eigenvalue weighted by molar-refractivity contribution is 8.01. The normalized spacial score (nSPS) is 10.2. The van der Waals surface area contributed by atoms with Crippen molar-refractivity contribution in [1.29, 1.82) is 0 Å². The third-order valence-corrected chi connectivity index (χ3v) is 2.87. The maximum Gasteiger partial charge on any atom is 0.331 e. The Hall–Kier alpha value is -1.46. The van der Waals surface area contributed by atoms with Crippen molar-refractivity contribution in [1.82, 2.24) is 0 Å². The number of carbonyl (C=O) groups is 2. The van der Waals surface area contributed by atoms with Crippen LogP contribution >= 0.6 is 24.4 Å². The number of benzene rings is 1. The molecule has 0 spiro atoms. The summed E-state index contributed by atoms with van der Waals surface area (Å²) in [5, 5.41) is 9.55. The number of rotatable bonds is 4. The minimum absolute atomic E-state index is 0.281. The van der Waals surface area contributed by atoms with E-state index in [9.17, 15) is 9.59 Å². The standard InChI is InChI=1S/C9H8OS.C5H8O2S/c1-7(9(10)11)8-5-3-2-4-6-8;1-4(3-8-2)5(6)7/h2-6H,1H2,(H,10,11);3H,1-2H3,(H,6,7)/b;4-3+. The number of carbonyl (C=O) groups excluding carboxylic acids is 1. The van der Waals surface area contributed by atoms with Gasteiger partial charge in [0, 0.05) is 11.1 Å². The highest BCUT2D eigenvalue weighted by atomic mass is 32.2. The number of hydrogen-bond donors (Lipinski definition) is 2. The third kappa shape index (κ3) is 7.54. The first kappa shape index (κ1) is 17.5. The molecule has 0 unspecified atom stereocenters. The Kier molecular flexibility index (Phi) is 8.74. The van der Waals surface area contributed by atoms with E-state index in [1.165, 1.54) is 11.8 Å². The van der Waals surface area contributed by atoms with Gasteiger partial charge in [-0.2, -0.15) is 0 Å². The number of thioether (sulfide) groups is 1. The molecule has 0 bridgehead atoms. The Bertz CT molecular complexity index is 479. The van der Waals surface area contributed by atoms with Gasteiger partial charge in [0.1, 0.15) is 0 Å². The van der Waals surface area contributed by atoms with Crippen LogP contribution in [0.15, 0.2) is 47.9 Å². The van der Waals surface area contributed by atoms with Crippen LogP contribution in [0.2, 0.25) is 0 Å². The predicted molar refractivity (Wildman–Crippen MR) is 84.4 cm³/mol. The van der Waals surface area contributed by atoms with Gasteiger partial charge in [-0.05, 0) is 24.2 Å². The Morgan fingerprint density at radius 1 is 1.32 bits per heavy atom. The second-order valence-electron chi connectivity index (χ2n) is 3.49. The molecule has 0 fully saturated rings. The Labute approximate surface area is 122 Å². The van der Waals surface area contributed by atoms with Gasteiger partial charge >= 0.3 is 5.97 Å². The summed E-state index contributed by atoms with van der Waals surface area (Å²) in [4.78, 5) is 20.7. The van der Waals surface area contributed by atoms with Gasteiger partial charge in [0.05, 0.1) is 0 Å². The van der Waals surface area contributed by atoms with E-state index in [0.717, 1.165) is 5.56 Å². The molecule has 0 amide bonds. The van der Waals surface area contributed by atoms with Crippen LogP contribution in [0, 0.1) is 0 Å². The summed E-state index contributed by atoms with van der Waals surface area (Å²) >= 11 is 5.06. The summed E-state index contributed by atoms with van der Waals surface area (Å²) in [6.45, 7) is 5.17. The van der Waals surface area contributed by atoms with E-state index in [4.69, 9.17) is 5.11 Å². The van der Waals surface area contributed by atoms with Gasteiger partial charge in [-0.1, -0.05) is 36.9 Å². The molecule has 1 rings (SSSR count). The van der Waals surface area contributed by atoms with Crippen molar-refractivity contribution in [2.45, 2.75) is 6.92 Å². The molecule has 1 aromatic rings. The van der Waals surface area contributed by atoms with E-state index < -0.39 is 5.97 Å². The maximum atomic E-state index is 10.7. The molecule has 0 aromatic heterocycles. The topological polar surface area (TPSA) is 54.4 Å². The van der Waals surface area contributed by atoms with Gasteiger partial charge in [0.2, 0.25) is 5.12 Å². The van der Waals surface area contributed by atoms with E-state index in [2.05, 4.69) is 19.2 Å². The largest absolute Gasteiger partial charge is 0.478 e. The zero-order chi connectivity index (χ0) is 14.8. The van der Waals surface area contributed by atoms with Crippen molar-refractivity contribution in [2.24, 2.45) is 0 Å². The number of thiol groups is 1. The lowest BCUT2D eigenvalue weighted by atomic mass is 10.1. The smallest absolute Gasteiger partial charge is 0.331 e. The molecule has 3 nitrogen and oxygen atoms in total. The van der Waals surface area contributed by atoms with Gasteiger partial charge in [-0.25, -0.2) is 4.79 Å². The van der Waals surface area contributed by atoms with Gasteiger partial charge in [0.15, 0.2) is 0 Å². The molecular weight excluding hydrogens is 280 g/mol. The summed E-state index contributed by atoms with van der Waals surface area (Å²) < 4.78 is 0. The summed E-state index contributed by atoms with van der Waals surface area (Å²) in [6, 6.07) is 9.27.